The first kappa shape index (κ1) is 15.2. The smallest absolute Gasteiger partial charge is 0.252 e. The number of nitrogens with zero attached hydrogens (tertiary/aromatic N) is 3. The molecule has 1 atom stereocenters. The second kappa shape index (κ2) is 6.19. The van der Waals surface area contributed by atoms with Crippen LogP contribution in [-0.2, 0) is 10.0 Å². The van der Waals surface area contributed by atoms with Gasteiger partial charge in [0.1, 0.15) is 10.3 Å². The fourth-order valence-corrected chi connectivity index (χ4v) is 4.83. The van der Waals surface area contributed by atoms with Crippen molar-refractivity contribution in [1.29, 1.82) is 0 Å². The topological polar surface area (TPSA) is 81.6 Å². The van der Waals surface area contributed by atoms with Crippen LogP contribution >= 0.6 is 11.3 Å². The molecule has 1 aliphatic heterocycles. The average molecular weight is 341 g/mol. The van der Waals surface area contributed by atoms with E-state index in [-0.39, 0.29) is 6.10 Å². The lowest BCUT2D eigenvalue weighted by molar-refractivity contribution is 0.203. The molecule has 1 saturated heterocycles. The van der Waals surface area contributed by atoms with Gasteiger partial charge in [0.05, 0.1) is 13.7 Å². The third-order valence-corrected chi connectivity index (χ3v) is 6.55. The fourth-order valence-electron chi connectivity index (χ4n) is 2.20. The van der Waals surface area contributed by atoms with Crippen molar-refractivity contribution in [2.45, 2.75) is 16.7 Å². The number of sulfonamides is 1. The maximum atomic E-state index is 12.4. The number of ether oxygens (including phenoxy) is 2. The van der Waals surface area contributed by atoms with E-state index in [9.17, 15) is 8.42 Å². The van der Waals surface area contributed by atoms with Crippen LogP contribution in [0.1, 0.15) is 6.42 Å². The molecule has 1 aliphatic rings. The van der Waals surface area contributed by atoms with Crippen LogP contribution in [0.3, 0.4) is 0 Å². The predicted molar refractivity (Wildman–Crippen MR) is 80.7 cm³/mol. The molecule has 1 fully saturated rings. The molecule has 0 amide bonds. The standard InChI is InChI=1S/C13H15N3O4S2/c1-19-11-4-5-12(15-14-11)20-10-6-7-16(9-10)22(17,18)13-3-2-8-21-13/h2-5,8,10H,6-7,9H2,1H3/t10-/m1/s1. The molecule has 0 spiro atoms. The number of methoxy groups -OCH3 is 1. The minimum Gasteiger partial charge on any atom is -0.480 e. The summed E-state index contributed by atoms with van der Waals surface area (Å²) in [6.45, 7) is 0.752. The van der Waals surface area contributed by atoms with Gasteiger partial charge in [-0.15, -0.1) is 21.5 Å². The fraction of sp³-hybridized carbons (Fsp3) is 0.385. The van der Waals surface area contributed by atoms with Crippen molar-refractivity contribution in [3.05, 3.63) is 29.6 Å². The molecular formula is C13H15N3O4S2. The first-order valence-corrected chi connectivity index (χ1v) is 8.99. The molecule has 9 heteroatoms. The van der Waals surface area contributed by atoms with Gasteiger partial charge < -0.3 is 9.47 Å². The second-order valence-corrected chi connectivity index (χ2v) is 7.85. The van der Waals surface area contributed by atoms with E-state index >= 15 is 0 Å². The maximum Gasteiger partial charge on any atom is 0.252 e. The molecule has 3 heterocycles. The van der Waals surface area contributed by atoms with Gasteiger partial charge >= 0.3 is 0 Å². The Labute approximate surface area is 132 Å². The van der Waals surface area contributed by atoms with Crippen LogP contribution in [0.2, 0.25) is 0 Å². The molecule has 0 radical (unpaired) electrons. The monoisotopic (exact) mass is 341 g/mol. The van der Waals surface area contributed by atoms with Gasteiger partial charge in [0.2, 0.25) is 11.8 Å². The van der Waals surface area contributed by atoms with Gasteiger partial charge in [0, 0.05) is 18.7 Å². The third kappa shape index (κ3) is 3.06. The van der Waals surface area contributed by atoms with Crippen LogP contribution in [0, 0.1) is 0 Å². The molecule has 3 rings (SSSR count). The Kier molecular flexibility index (Phi) is 4.27. The van der Waals surface area contributed by atoms with Crippen LogP contribution in [0.5, 0.6) is 11.8 Å². The van der Waals surface area contributed by atoms with Crippen molar-refractivity contribution in [1.82, 2.24) is 14.5 Å². The first-order valence-electron chi connectivity index (χ1n) is 6.67. The minimum absolute atomic E-state index is 0.225. The highest BCUT2D eigenvalue weighted by Crippen LogP contribution is 2.26. The normalized spacial score (nSPS) is 19.2. The molecule has 118 valence electrons. The zero-order valence-electron chi connectivity index (χ0n) is 11.9. The highest BCUT2D eigenvalue weighted by molar-refractivity contribution is 7.91. The highest BCUT2D eigenvalue weighted by atomic mass is 32.2. The summed E-state index contributed by atoms with van der Waals surface area (Å²) in [6.07, 6.45) is 0.399. The van der Waals surface area contributed by atoms with E-state index in [0.717, 1.165) is 0 Å². The molecule has 0 aromatic carbocycles. The van der Waals surface area contributed by atoms with Crippen LogP contribution in [0.4, 0.5) is 0 Å². The summed E-state index contributed by atoms with van der Waals surface area (Å²) < 4.78 is 37.2. The van der Waals surface area contributed by atoms with E-state index in [1.807, 2.05) is 0 Å². The number of rotatable bonds is 5. The number of hydrogen-bond donors (Lipinski definition) is 0. The van der Waals surface area contributed by atoms with Gasteiger partial charge in [0.15, 0.2) is 0 Å². The molecule has 0 N–H and O–H groups in total. The van der Waals surface area contributed by atoms with Crippen LogP contribution in [0.25, 0.3) is 0 Å². The van der Waals surface area contributed by atoms with Crippen molar-refractivity contribution >= 4 is 21.4 Å². The van der Waals surface area contributed by atoms with Gasteiger partial charge in [-0.05, 0) is 17.9 Å². The van der Waals surface area contributed by atoms with Gasteiger partial charge in [0.25, 0.3) is 10.0 Å². The summed E-state index contributed by atoms with van der Waals surface area (Å²) in [7, 11) is -1.91. The summed E-state index contributed by atoms with van der Waals surface area (Å²) in [4.78, 5) is 0. The second-order valence-electron chi connectivity index (χ2n) is 4.74. The molecule has 2 aromatic heterocycles. The quantitative estimate of drug-likeness (QED) is 0.817. The Morgan fingerprint density at radius 3 is 2.68 bits per heavy atom. The Morgan fingerprint density at radius 1 is 1.27 bits per heavy atom. The van der Waals surface area contributed by atoms with Crippen LogP contribution < -0.4 is 9.47 Å². The van der Waals surface area contributed by atoms with E-state index in [1.165, 1.54) is 22.8 Å². The molecule has 0 unspecified atom stereocenters. The lowest BCUT2D eigenvalue weighted by Crippen LogP contribution is -2.30. The maximum absolute atomic E-state index is 12.4. The van der Waals surface area contributed by atoms with Crippen molar-refractivity contribution in [3.8, 4) is 11.8 Å². The van der Waals surface area contributed by atoms with Crippen molar-refractivity contribution < 1.29 is 17.9 Å². The zero-order valence-corrected chi connectivity index (χ0v) is 13.5. The highest BCUT2D eigenvalue weighted by Gasteiger charge is 2.34. The Bertz CT molecular complexity index is 716. The SMILES string of the molecule is COc1ccc(O[C@@H]2CCN(S(=O)(=O)c3cccs3)C2)nn1. The predicted octanol–water partition coefficient (Wildman–Crippen LogP) is 1.39. The van der Waals surface area contributed by atoms with Crippen molar-refractivity contribution in [2.75, 3.05) is 20.2 Å². The number of hydrogen-bond acceptors (Lipinski definition) is 7. The van der Waals surface area contributed by atoms with Gasteiger partial charge in [-0.1, -0.05) is 6.07 Å². The summed E-state index contributed by atoms with van der Waals surface area (Å²) in [5, 5.41) is 9.46. The van der Waals surface area contributed by atoms with Crippen LogP contribution in [-0.4, -0.2) is 49.2 Å². The summed E-state index contributed by atoms with van der Waals surface area (Å²) >= 11 is 1.22. The Balaban J connectivity index is 1.65. The average Bonchev–Trinajstić information content (AvgIpc) is 3.20. The molecule has 22 heavy (non-hydrogen) atoms. The molecular weight excluding hydrogens is 326 g/mol. The van der Waals surface area contributed by atoms with Gasteiger partial charge in [-0.2, -0.15) is 4.31 Å². The van der Waals surface area contributed by atoms with E-state index in [0.29, 0.717) is 35.5 Å². The number of thiophene rings is 1. The number of aromatic nitrogens is 2. The van der Waals surface area contributed by atoms with Gasteiger partial charge in [-0.3, -0.25) is 0 Å². The van der Waals surface area contributed by atoms with E-state index in [4.69, 9.17) is 9.47 Å². The lowest BCUT2D eigenvalue weighted by atomic mass is 10.3. The summed E-state index contributed by atoms with van der Waals surface area (Å²) in [5.41, 5.74) is 0. The Hall–Kier alpha value is -1.71. The van der Waals surface area contributed by atoms with Crippen molar-refractivity contribution in [2.24, 2.45) is 0 Å². The third-order valence-electron chi connectivity index (χ3n) is 3.31. The van der Waals surface area contributed by atoms with E-state index in [2.05, 4.69) is 10.2 Å². The minimum atomic E-state index is -3.42. The lowest BCUT2D eigenvalue weighted by Gasteiger charge is -2.15. The van der Waals surface area contributed by atoms with E-state index in [1.54, 1.807) is 29.6 Å². The Morgan fingerprint density at radius 2 is 2.05 bits per heavy atom. The van der Waals surface area contributed by atoms with Gasteiger partial charge in [-0.25, -0.2) is 8.42 Å². The summed E-state index contributed by atoms with van der Waals surface area (Å²) in [6, 6.07) is 6.65. The molecule has 2 aromatic rings. The molecule has 7 nitrogen and oxygen atoms in total. The van der Waals surface area contributed by atoms with Crippen molar-refractivity contribution in [3.63, 3.8) is 0 Å². The molecule has 0 aliphatic carbocycles. The zero-order chi connectivity index (χ0) is 15.6. The largest absolute Gasteiger partial charge is 0.480 e. The van der Waals surface area contributed by atoms with Crippen LogP contribution in [0.15, 0.2) is 33.9 Å². The molecule has 0 saturated carbocycles. The molecule has 0 bridgehead atoms. The summed E-state index contributed by atoms with van der Waals surface area (Å²) in [5.74, 6) is 0.766. The first-order chi connectivity index (χ1) is 10.6. The van der Waals surface area contributed by atoms with E-state index < -0.39 is 10.0 Å².